The monoisotopic (exact) mass is 377 g/mol. The molecule has 0 aromatic heterocycles. The predicted molar refractivity (Wildman–Crippen MR) is 105 cm³/mol. The fraction of sp³-hybridized carbons (Fsp3) is 0.810. The lowest BCUT2D eigenvalue weighted by Gasteiger charge is -2.33. The molecule has 1 aliphatic carbocycles. The second kappa shape index (κ2) is 10.8. The summed E-state index contributed by atoms with van der Waals surface area (Å²) in [6.07, 6.45) is 10.4. The van der Waals surface area contributed by atoms with Crippen molar-refractivity contribution in [3.8, 4) is 0 Å². The van der Waals surface area contributed by atoms with Crippen molar-refractivity contribution in [2.75, 3.05) is 52.5 Å². The molecule has 2 fully saturated rings. The van der Waals surface area contributed by atoms with Gasteiger partial charge in [0.25, 0.3) is 0 Å². The van der Waals surface area contributed by atoms with Crippen LogP contribution in [0.15, 0.2) is 11.6 Å². The van der Waals surface area contributed by atoms with Crippen molar-refractivity contribution in [3.05, 3.63) is 11.6 Å². The Labute approximate surface area is 163 Å². The number of likely N-dealkylation sites (tertiary alicyclic amines) is 1. The Balaban J connectivity index is 1.35. The molecule has 2 amide bonds. The highest BCUT2D eigenvalue weighted by atomic mass is 16.5. The Morgan fingerprint density at radius 2 is 2.04 bits per heavy atom. The van der Waals surface area contributed by atoms with Gasteiger partial charge in [0.1, 0.15) is 0 Å². The molecule has 3 rings (SSSR count). The quantitative estimate of drug-likeness (QED) is 0.657. The molecule has 2 heterocycles. The van der Waals surface area contributed by atoms with Crippen molar-refractivity contribution >= 4 is 11.8 Å². The summed E-state index contributed by atoms with van der Waals surface area (Å²) in [5.41, 5.74) is 1.49. The van der Waals surface area contributed by atoms with Crippen LogP contribution in [0.2, 0.25) is 0 Å². The Hall–Kier alpha value is -1.40. The van der Waals surface area contributed by atoms with Crippen LogP contribution in [0, 0.1) is 5.92 Å². The molecule has 6 heteroatoms. The molecular formula is C21H35N3O3. The minimum Gasteiger partial charge on any atom is -0.379 e. The fourth-order valence-corrected chi connectivity index (χ4v) is 4.28. The first-order chi connectivity index (χ1) is 13.2. The molecule has 3 aliphatic rings. The number of amides is 2. The van der Waals surface area contributed by atoms with E-state index >= 15 is 0 Å². The van der Waals surface area contributed by atoms with Crippen LogP contribution in [-0.4, -0.2) is 74.1 Å². The molecule has 2 saturated heterocycles. The third-order valence-corrected chi connectivity index (χ3v) is 6.01. The van der Waals surface area contributed by atoms with Gasteiger partial charge < -0.3 is 15.0 Å². The molecule has 6 nitrogen and oxygen atoms in total. The van der Waals surface area contributed by atoms with E-state index in [-0.39, 0.29) is 17.7 Å². The van der Waals surface area contributed by atoms with Gasteiger partial charge >= 0.3 is 0 Å². The Kier molecular flexibility index (Phi) is 8.14. The first-order valence-electron chi connectivity index (χ1n) is 10.8. The Bertz CT molecular complexity index is 529. The van der Waals surface area contributed by atoms with Crippen LogP contribution in [0.3, 0.4) is 0 Å². The molecule has 0 aromatic carbocycles. The highest BCUT2D eigenvalue weighted by Crippen LogP contribution is 2.20. The van der Waals surface area contributed by atoms with Gasteiger partial charge in [0.15, 0.2) is 0 Å². The molecule has 2 aliphatic heterocycles. The van der Waals surface area contributed by atoms with Gasteiger partial charge in [0, 0.05) is 45.7 Å². The van der Waals surface area contributed by atoms with E-state index in [1.54, 1.807) is 0 Å². The van der Waals surface area contributed by atoms with E-state index in [9.17, 15) is 9.59 Å². The number of morpholine rings is 1. The smallest absolute Gasteiger partial charge is 0.224 e. The molecule has 0 radical (unpaired) electrons. The number of piperidine rings is 1. The number of nitrogens with one attached hydrogen (secondary N) is 1. The van der Waals surface area contributed by atoms with E-state index in [4.69, 9.17) is 4.74 Å². The lowest BCUT2D eigenvalue weighted by Crippen LogP contribution is -2.47. The van der Waals surface area contributed by atoms with Gasteiger partial charge in [0.2, 0.25) is 11.8 Å². The third-order valence-electron chi connectivity index (χ3n) is 6.01. The standard InChI is InChI=1S/C21H35N3O3/c25-20-8-7-19(21(26)22-10-9-18-5-2-1-3-6-18)17-24(20)12-4-11-23-13-15-27-16-14-23/h5,19H,1-4,6-17H2,(H,22,26). The Morgan fingerprint density at radius 3 is 2.81 bits per heavy atom. The Morgan fingerprint density at radius 1 is 1.19 bits per heavy atom. The molecule has 0 aromatic rings. The minimum atomic E-state index is -0.0496. The number of allylic oxidation sites excluding steroid dienone is 1. The zero-order valence-corrected chi connectivity index (χ0v) is 16.6. The maximum Gasteiger partial charge on any atom is 0.224 e. The van der Waals surface area contributed by atoms with Crippen molar-refractivity contribution in [1.29, 1.82) is 0 Å². The number of rotatable bonds is 8. The summed E-state index contributed by atoms with van der Waals surface area (Å²) < 4.78 is 5.37. The number of nitrogens with zero attached hydrogens (tertiary/aromatic N) is 2. The van der Waals surface area contributed by atoms with Crippen LogP contribution in [0.5, 0.6) is 0 Å². The van der Waals surface area contributed by atoms with E-state index < -0.39 is 0 Å². The van der Waals surface area contributed by atoms with Crippen molar-refractivity contribution < 1.29 is 14.3 Å². The van der Waals surface area contributed by atoms with Gasteiger partial charge in [-0.05, 0) is 44.9 Å². The average molecular weight is 378 g/mol. The van der Waals surface area contributed by atoms with Crippen LogP contribution >= 0.6 is 0 Å². The van der Waals surface area contributed by atoms with E-state index in [0.717, 1.165) is 58.8 Å². The number of ether oxygens (including phenoxy) is 1. The van der Waals surface area contributed by atoms with Crippen molar-refractivity contribution in [2.24, 2.45) is 5.92 Å². The molecular weight excluding hydrogens is 342 g/mol. The number of carbonyl (C=O) groups is 2. The summed E-state index contributed by atoms with van der Waals surface area (Å²) in [5, 5.41) is 3.10. The summed E-state index contributed by atoms with van der Waals surface area (Å²) in [6, 6.07) is 0. The molecule has 1 N–H and O–H groups in total. The number of carbonyl (C=O) groups excluding carboxylic acids is 2. The number of hydrogen-bond donors (Lipinski definition) is 1. The maximum absolute atomic E-state index is 12.5. The first-order valence-corrected chi connectivity index (χ1v) is 10.8. The highest BCUT2D eigenvalue weighted by Gasteiger charge is 2.29. The van der Waals surface area contributed by atoms with Crippen LogP contribution in [0.25, 0.3) is 0 Å². The summed E-state index contributed by atoms with van der Waals surface area (Å²) in [6.45, 7) is 6.64. The molecule has 152 valence electrons. The van der Waals surface area contributed by atoms with Gasteiger partial charge in [-0.2, -0.15) is 0 Å². The fourth-order valence-electron chi connectivity index (χ4n) is 4.28. The van der Waals surface area contributed by atoms with E-state index in [1.807, 2.05) is 4.90 Å². The molecule has 1 unspecified atom stereocenters. The van der Waals surface area contributed by atoms with E-state index in [2.05, 4.69) is 16.3 Å². The van der Waals surface area contributed by atoms with E-state index in [1.165, 1.54) is 31.3 Å². The zero-order chi connectivity index (χ0) is 18.9. The molecule has 1 atom stereocenters. The normalized spacial score (nSPS) is 24.6. The maximum atomic E-state index is 12.5. The lowest BCUT2D eigenvalue weighted by atomic mass is 9.95. The highest BCUT2D eigenvalue weighted by molar-refractivity contribution is 5.83. The second-order valence-corrected chi connectivity index (χ2v) is 8.03. The third kappa shape index (κ3) is 6.61. The van der Waals surface area contributed by atoms with Crippen LogP contribution in [0.4, 0.5) is 0 Å². The largest absolute Gasteiger partial charge is 0.379 e. The first kappa shape index (κ1) is 20.3. The summed E-state index contributed by atoms with van der Waals surface area (Å²) in [7, 11) is 0. The van der Waals surface area contributed by atoms with Gasteiger partial charge in [0.05, 0.1) is 19.1 Å². The van der Waals surface area contributed by atoms with Crippen molar-refractivity contribution in [3.63, 3.8) is 0 Å². The van der Waals surface area contributed by atoms with Gasteiger partial charge in [-0.1, -0.05) is 11.6 Å². The second-order valence-electron chi connectivity index (χ2n) is 8.03. The predicted octanol–water partition coefficient (Wildman–Crippen LogP) is 1.95. The average Bonchev–Trinajstić information content (AvgIpc) is 2.71. The van der Waals surface area contributed by atoms with Crippen LogP contribution < -0.4 is 5.32 Å². The number of hydrogen-bond acceptors (Lipinski definition) is 4. The van der Waals surface area contributed by atoms with Gasteiger partial charge in [-0.15, -0.1) is 0 Å². The van der Waals surface area contributed by atoms with Crippen molar-refractivity contribution in [1.82, 2.24) is 15.1 Å². The van der Waals surface area contributed by atoms with Crippen LogP contribution in [0.1, 0.15) is 51.4 Å². The topological polar surface area (TPSA) is 61.9 Å². The van der Waals surface area contributed by atoms with Crippen molar-refractivity contribution in [2.45, 2.75) is 51.4 Å². The van der Waals surface area contributed by atoms with E-state index in [0.29, 0.717) is 19.4 Å². The summed E-state index contributed by atoms with van der Waals surface area (Å²) in [4.78, 5) is 29.0. The minimum absolute atomic E-state index is 0.0496. The summed E-state index contributed by atoms with van der Waals surface area (Å²) in [5.74, 6) is 0.275. The lowest BCUT2D eigenvalue weighted by molar-refractivity contribution is -0.138. The molecule has 0 bridgehead atoms. The van der Waals surface area contributed by atoms with Crippen LogP contribution in [-0.2, 0) is 14.3 Å². The molecule has 27 heavy (non-hydrogen) atoms. The molecule has 0 spiro atoms. The van der Waals surface area contributed by atoms with Gasteiger partial charge in [-0.25, -0.2) is 0 Å². The SMILES string of the molecule is O=C(NCCC1=CCCCC1)C1CCC(=O)N(CCCN2CCOCC2)C1. The summed E-state index contributed by atoms with van der Waals surface area (Å²) >= 11 is 0. The zero-order valence-electron chi connectivity index (χ0n) is 16.6. The molecule has 0 saturated carbocycles. The van der Waals surface area contributed by atoms with Gasteiger partial charge in [-0.3, -0.25) is 14.5 Å².